The zero-order valence-electron chi connectivity index (χ0n) is 28.6. The molecule has 1 aromatic heterocycles. The van der Waals surface area contributed by atoms with Crippen LogP contribution in [-0.4, -0.2) is 0 Å². The molecule has 0 saturated heterocycles. The van der Waals surface area contributed by atoms with Gasteiger partial charge in [-0.15, -0.1) is 0 Å². The van der Waals surface area contributed by atoms with Crippen LogP contribution in [-0.2, 0) is 5.41 Å². The second-order valence-electron chi connectivity index (χ2n) is 14.1. The molecular formula is C49H35NO. The lowest BCUT2D eigenvalue weighted by atomic mass is 9.79. The van der Waals surface area contributed by atoms with E-state index in [-0.39, 0.29) is 5.41 Å². The molecule has 0 amide bonds. The van der Waals surface area contributed by atoms with Crippen LogP contribution in [0.15, 0.2) is 180 Å². The van der Waals surface area contributed by atoms with Crippen molar-refractivity contribution in [2.24, 2.45) is 0 Å². The van der Waals surface area contributed by atoms with Crippen molar-refractivity contribution in [3.05, 3.63) is 187 Å². The van der Waals surface area contributed by atoms with Gasteiger partial charge in [-0.2, -0.15) is 0 Å². The van der Waals surface area contributed by atoms with E-state index in [0.717, 1.165) is 33.6 Å². The second-order valence-corrected chi connectivity index (χ2v) is 14.1. The van der Waals surface area contributed by atoms with Crippen LogP contribution in [0.3, 0.4) is 0 Å². The Hall–Kier alpha value is -6.38. The minimum atomic E-state index is -0.268. The van der Waals surface area contributed by atoms with Crippen LogP contribution in [0.25, 0.3) is 66.1 Å². The largest absolute Gasteiger partial charge is 0.455 e. The topological polar surface area (TPSA) is 16.4 Å². The lowest BCUT2D eigenvalue weighted by molar-refractivity contribution is 0.659. The molecule has 0 unspecified atom stereocenters. The number of hydrogen-bond donors (Lipinski definition) is 0. The van der Waals surface area contributed by atoms with Gasteiger partial charge in [0.25, 0.3) is 0 Å². The standard InChI is InChI=1S/C49H35NO/c1-49(2)41-21-13-22-42(46(41)44-38-18-9-10-19-39(38)48-45(47(44)49)40-20-11-12-23-43(40)51-48)50(36-28-24-34(25-29-36)32-14-5-3-6-15-32)37-30-26-35(27-31-37)33-16-7-4-8-17-33/h3-31H,1-2H3. The van der Waals surface area contributed by atoms with Gasteiger partial charge in [-0.25, -0.2) is 0 Å². The van der Waals surface area contributed by atoms with E-state index in [9.17, 15) is 0 Å². The maximum absolute atomic E-state index is 6.68. The predicted octanol–water partition coefficient (Wildman–Crippen LogP) is 13.8. The molecule has 10 rings (SSSR count). The number of hydrogen-bond acceptors (Lipinski definition) is 2. The van der Waals surface area contributed by atoms with Gasteiger partial charge in [0.1, 0.15) is 11.2 Å². The van der Waals surface area contributed by atoms with Crippen LogP contribution in [0, 0.1) is 0 Å². The maximum atomic E-state index is 6.68. The van der Waals surface area contributed by atoms with Crippen LogP contribution in [0.5, 0.6) is 0 Å². The van der Waals surface area contributed by atoms with Gasteiger partial charge < -0.3 is 9.32 Å². The first-order chi connectivity index (χ1) is 25.1. The molecule has 0 fully saturated rings. The molecule has 0 N–H and O–H groups in total. The van der Waals surface area contributed by atoms with Gasteiger partial charge in [-0.1, -0.05) is 153 Å². The molecule has 0 saturated carbocycles. The van der Waals surface area contributed by atoms with E-state index >= 15 is 0 Å². The molecule has 0 aliphatic heterocycles. The van der Waals surface area contributed by atoms with Crippen molar-refractivity contribution in [1.29, 1.82) is 0 Å². The average molecular weight is 654 g/mol. The van der Waals surface area contributed by atoms with Gasteiger partial charge in [0.2, 0.25) is 0 Å². The summed E-state index contributed by atoms with van der Waals surface area (Å²) in [5.74, 6) is 0. The number of anilines is 3. The summed E-state index contributed by atoms with van der Waals surface area (Å²) in [4.78, 5) is 2.44. The number of nitrogens with zero attached hydrogens (tertiary/aromatic N) is 1. The highest BCUT2D eigenvalue weighted by atomic mass is 16.3. The number of rotatable bonds is 5. The van der Waals surface area contributed by atoms with Gasteiger partial charge in [0.15, 0.2) is 0 Å². The molecule has 9 aromatic rings. The fourth-order valence-electron chi connectivity index (χ4n) is 8.47. The van der Waals surface area contributed by atoms with Crippen molar-refractivity contribution in [2.75, 3.05) is 4.90 Å². The predicted molar refractivity (Wildman–Crippen MR) is 214 cm³/mol. The monoisotopic (exact) mass is 653 g/mol. The highest BCUT2D eigenvalue weighted by molar-refractivity contribution is 6.24. The Kier molecular flexibility index (Phi) is 6.56. The summed E-state index contributed by atoms with van der Waals surface area (Å²) < 4.78 is 6.68. The summed E-state index contributed by atoms with van der Waals surface area (Å²) in [5, 5.41) is 4.75. The molecule has 1 heterocycles. The summed E-state index contributed by atoms with van der Waals surface area (Å²) in [6.07, 6.45) is 0. The van der Waals surface area contributed by atoms with Gasteiger partial charge in [-0.3, -0.25) is 0 Å². The molecule has 1 aliphatic carbocycles. The smallest absolute Gasteiger partial charge is 0.143 e. The third-order valence-electron chi connectivity index (χ3n) is 10.8. The minimum absolute atomic E-state index is 0.268. The Bertz CT molecular complexity index is 2660. The van der Waals surface area contributed by atoms with E-state index in [1.807, 2.05) is 0 Å². The lowest BCUT2D eigenvalue weighted by Gasteiger charge is -2.29. The van der Waals surface area contributed by atoms with E-state index in [1.165, 1.54) is 60.7 Å². The molecular weight excluding hydrogens is 619 g/mol. The Labute approximate surface area is 297 Å². The normalized spacial score (nSPS) is 13.1. The molecule has 0 bridgehead atoms. The van der Waals surface area contributed by atoms with E-state index in [0.29, 0.717) is 0 Å². The van der Waals surface area contributed by atoms with Crippen molar-refractivity contribution >= 4 is 49.8 Å². The number of fused-ring (bicyclic) bond motifs is 10. The zero-order chi connectivity index (χ0) is 34.1. The van der Waals surface area contributed by atoms with E-state index in [4.69, 9.17) is 4.42 Å². The number of benzene rings is 8. The molecule has 51 heavy (non-hydrogen) atoms. The van der Waals surface area contributed by atoms with Gasteiger partial charge in [0.05, 0.1) is 5.69 Å². The number of para-hydroxylation sites is 1. The van der Waals surface area contributed by atoms with Crippen LogP contribution in [0.2, 0.25) is 0 Å². The summed E-state index contributed by atoms with van der Waals surface area (Å²) in [7, 11) is 0. The Morgan fingerprint density at radius 3 is 1.55 bits per heavy atom. The first-order valence-corrected chi connectivity index (χ1v) is 17.7. The van der Waals surface area contributed by atoms with Crippen LogP contribution in [0.4, 0.5) is 17.1 Å². The number of furan rings is 1. The van der Waals surface area contributed by atoms with E-state index in [1.54, 1.807) is 0 Å². The fourth-order valence-corrected chi connectivity index (χ4v) is 8.47. The van der Waals surface area contributed by atoms with Crippen LogP contribution in [0.1, 0.15) is 25.0 Å². The molecule has 242 valence electrons. The first kappa shape index (κ1) is 29.5. The van der Waals surface area contributed by atoms with Crippen LogP contribution >= 0.6 is 0 Å². The molecule has 1 aliphatic rings. The Balaban J connectivity index is 1.25. The van der Waals surface area contributed by atoms with Gasteiger partial charge in [-0.05, 0) is 80.7 Å². The quantitative estimate of drug-likeness (QED) is 0.184. The van der Waals surface area contributed by atoms with Crippen molar-refractivity contribution in [2.45, 2.75) is 19.3 Å². The summed E-state index contributed by atoms with van der Waals surface area (Å²) in [5.41, 5.74) is 15.1. The second kappa shape index (κ2) is 11.3. The van der Waals surface area contributed by atoms with E-state index < -0.39 is 0 Å². The SMILES string of the molecule is CC1(C)c2cccc(N(c3ccc(-c4ccccc4)cc3)c3ccc(-c4ccccc4)cc3)c2-c2c1c1c3ccccc3oc1c1ccccc21. The average Bonchev–Trinajstić information content (AvgIpc) is 3.69. The minimum Gasteiger partial charge on any atom is -0.455 e. The molecule has 0 atom stereocenters. The molecule has 0 radical (unpaired) electrons. The van der Waals surface area contributed by atoms with Gasteiger partial charge >= 0.3 is 0 Å². The fraction of sp³-hybridized carbons (Fsp3) is 0.0612. The Morgan fingerprint density at radius 2 is 0.941 bits per heavy atom. The third-order valence-corrected chi connectivity index (χ3v) is 10.8. The molecule has 2 nitrogen and oxygen atoms in total. The third kappa shape index (κ3) is 4.50. The molecule has 0 spiro atoms. The highest BCUT2D eigenvalue weighted by Crippen LogP contribution is 2.59. The van der Waals surface area contributed by atoms with Crippen molar-refractivity contribution in [3.8, 4) is 33.4 Å². The highest BCUT2D eigenvalue weighted by Gasteiger charge is 2.42. The van der Waals surface area contributed by atoms with E-state index in [2.05, 4.69) is 195 Å². The van der Waals surface area contributed by atoms with Crippen molar-refractivity contribution < 1.29 is 4.42 Å². The maximum Gasteiger partial charge on any atom is 0.143 e. The summed E-state index contributed by atoms with van der Waals surface area (Å²) in [6, 6.07) is 63.4. The van der Waals surface area contributed by atoms with Crippen molar-refractivity contribution in [3.63, 3.8) is 0 Å². The molecule has 2 heteroatoms. The zero-order valence-corrected chi connectivity index (χ0v) is 28.6. The van der Waals surface area contributed by atoms with Crippen molar-refractivity contribution in [1.82, 2.24) is 0 Å². The van der Waals surface area contributed by atoms with Crippen LogP contribution < -0.4 is 4.90 Å². The first-order valence-electron chi connectivity index (χ1n) is 17.7. The summed E-state index contributed by atoms with van der Waals surface area (Å²) in [6.45, 7) is 4.76. The van der Waals surface area contributed by atoms with Gasteiger partial charge in [0, 0.05) is 38.5 Å². The lowest BCUT2D eigenvalue weighted by Crippen LogP contribution is -2.16. The molecule has 8 aromatic carbocycles. The Morgan fingerprint density at radius 1 is 0.431 bits per heavy atom. The summed E-state index contributed by atoms with van der Waals surface area (Å²) >= 11 is 0.